The topological polar surface area (TPSA) is 41.6 Å². The normalized spacial score (nSPS) is 24.1. The largest absolute Gasteiger partial charge is 0.369 e. The minimum Gasteiger partial charge on any atom is -0.369 e. The highest BCUT2D eigenvalue weighted by atomic mass is 16.5. The molecule has 1 amide bonds. The molecule has 2 aliphatic rings. The number of hydrogen-bond acceptors (Lipinski definition) is 3. The number of carbonyl (C=O) groups excluding carboxylic acids is 1. The average Bonchev–Trinajstić information content (AvgIpc) is 3.36. The van der Waals surface area contributed by atoms with Gasteiger partial charge in [-0.05, 0) is 61.6 Å². The Morgan fingerprint density at radius 1 is 1.13 bits per heavy atom. The molecule has 158 valence electrons. The maximum atomic E-state index is 11.2. The van der Waals surface area contributed by atoms with Crippen molar-refractivity contribution in [2.24, 2.45) is 5.41 Å². The summed E-state index contributed by atoms with van der Waals surface area (Å²) in [4.78, 5) is 13.8. The van der Waals surface area contributed by atoms with Crippen LogP contribution in [0.5, 0.6) is 0 Å². The minimum atomic E-state index is -0.0367. The molecule has 1 fully saturated rings. The zero-order valence-corrected chi connectivity index (χ0v) is 18.1. The number of benzene rings is 2. The first-order chi connectivity index (χ1) is 14.5. The summed E-state index contributed by atoms with van der Waals surface area (Å²) in [6, 6.07) is 19.0. The summed E-state index contributed by atoms with van der Waals surface area (Å²) in [6.45, 7) is 7.56. The fourth-order valence-corrected chi connectivity index (χ4v) is 4.82. The first kappa shape index (κ1) is 20.8. The molecule has 2 aromatic carbocycles. The van der Waals surface area contributed by atoms with E-state index in [4.69, 9.17) is 4.74 Å². The molecule has 30 heavy (non-hydrogen) atoms. The van der Waals surface area contributed by atoms with Gasteiger partial charge in [-0.3, -0.25) is 9.69 Å². The van der Waals surface area contributed by atoms with Crippen molar-refractivity contribution in [3.63, 3.8) is 0 Å². The molecule has 2 aromatic rings. The van der Waals surface area contributed by atoms with Crippen molar-refractivity contribution in [3.8, 4) is 0 Å². The van der Waals surface area contributed by atoms with Crippen LogP contribution in [0.1, 0.15) is 37.8 Å². The second-order valence-corrected chi connectivity index (χ2v) is 8.93. The van der Waals surface area contributed by atoms with E-state index in [2.05, 4.69) is 65.7 Å². The van der Waals surface area contributed by atoms with Crippen LogP contribution in [-0.2, 0) is 22.5 Å². The monoisotopic (exact) mass is 404 g/mol. The van der Waals surface area contributed by atoms with Crippen molar-refractivity contribution in [2.75, 3.05) is 25.0 Å². The minimum absolute atomic E-state index is 0.0367. The lowest BCUT2D eigenvalue weighted by Gasteiger charge is -2.34. The van der Waals surface area contributed by atoms with Gasteiger partial charge in [0.2, 0.25) is 5.91 Å². The van der Waals surface area contributed by atoms with Crippen LogP contribution >= 0.6 is 0 Å². The van der Waals surface area contributed by atoms with Gasteiger partial charge in [0.25, 0.3) is 0 Å². The van der Waals surface area contributed by atoms with Gasteiger partial charge in [-0.25, -0.2) is 0 Å². The maximum absolute atomic E-state index is 11.2. The number of aryl methyl sites for hydroxylation is 1. The van der Waals surface area contributed by atoms with E-state index < -0.39 is 0 Å². The van der Waals surface area contributed by atoms with Gasteiger partial charge in [0.1, 0.15) is 0 Å². The summed E-state index contributed by atoms with van der Waals surface area (Å²) >= 11 is 0. The number of amides is 1. The Labute approximate surface area is 179 Å². The molecule has 1 saturated heterocycles. The highest BCUT2D eigenvalue weighted by molar-refractivity contribution is 5.88. The highest BCUT2D eigenvalue weighted by Gasteiger charge is 2.45. The Bertz CT molecular complexity index is 891. The first-order valence-electron chi connectivity index (χ1n) is 10.9. The number of hydrogen-bond donors (Lipinski definition) is 1. The summed E-state index contributed by atoms with van der Waals surface area (Å²) in [5.74, 6) is -0.0367. The molecule has 0 saturated carbocycles. The SMILES string of the molecule is CC(=O)Nc1ccc(CN2CCC(CCc3ccccc3)(C3C=C(C)CO3)C2)cc1. The van der Waals surface area contributed by atoms with E-state index in [0.717, 1.165) is 51.2 Å². The van der Waals surface area contributed by atoms with E-state index in [1.54, 1.807) is 0 Å². The Morgan fingerprint density at radius 2 is 1.90 bits per heavy atom. The van der Waals surface area contributed by atoms with Crippen LogP contribution in [0.25, 0.3) is 0 Å². The molecule has 4 rings (SSSR count). The van der Waals surface area contributed by atoms with Crippen molar-refractivity contribution in [1.29, 1.82) is 0 Å². The van der Waals surface area contributed by atoms with Gasteiger partial charge in [-0.15, -0.1) is 0 Å². The molecule has 0 bridgehead atoms. The van der Waals surface area contributed by atoms with Gasteiger partial charge in [0.05, 0.1) is 12.7 Å². The number of anilines is 1. The maximum Gasteiger partial charge on any atom is 0.221 e. The van der Waals surface area contributed by atoms with E-state index >= 15 is 0 Å². The molecule has 1 N–H and O–H groups in total. The average molecular weight is 405 g/mol. The Balaban J connectivity index is 1.44. The standard InChI is InChI=1S/C26H32N2O2/c1-20-16-25(30-18-20)26(13-12-22-6-4-3-5-7-22)14-15-28(19-26)17-23-8-10-24(11-9-23)27-21(2)29/h3-11,16,25H,12-15,17-19H2,1-2H3,(H,27,29). The Hall–Kier alpha value is -2.43. The molecule has 4 heteroatoms. The Morgan fingerprint density at radius 3 is 2.57 bits per heavy atom. The van der Waals surface area contributed by atoms with Crippen LogP contribution in [0, 0.1) is 5.41 Å². The number of likely N-dealkylation sites (tertiary alicyclic amines) is 1. The summed E-state index contributed by atoms with van der Waals surface area (Å²) in [7, 11) is 0. The molecule has 2 aliphatic heterocycles. The summed E-state index contributed by atoms with van der Waals surface area (Å²) in [6.07, 6.45) is 5.97. The molecular formula is C26H32N2O2. The van der Waals surface area contributed by atoms with Gasteiger partial charge in [0.15, 0.2) is 0 Å². The molecule has 0 aromatic heterocycles. The molecular weight excluding hydrogens is 372 g/mol. The van der Waals surface area contributed by atoms with Crippen LogP contribution in [-0.4, -0.2) is 36.6 Å². The van der Waals surface area contributed by atoms with E-state index in [-0.39, 0.29) is 17.4 Å². The summed E-state index contributed by atoms with van der Waals surface area (Å²) in [5.41, 5.74) is 5.06. The van der Waals surface area contributed by atoms with E-state index in [1.165, 1.54) is 23.6 Å². The van der Waals surface area contributed by atoms with Crippen molar-refractivity contribution in [3.05, 3.63) is 77.4 Å². The smallest absolute Gasteiger partial charge is 0.221 e. The molecule has 4 nitrogen and oxygen atoms in total. The first-order valence-corrected chi connectivity index (χ1v) is 10.9. The molecule has 2 atom stereocenters. The second-order valence-electron chi connectivity index (χ2n) is 8.93. The number of rotatable bonds is 7. The quantitative estimate of drug-likeness (QED) is 0.673. The van der Waals surface area contributed by atoms with Crippen LogP contribution in [0.15, 0.2) is 66.2 Å². The van der Waals surface area contributed by atoms with Crippen molar-refractivity contribution >= 4 is 11.6 Å². The highest BCUT2D eigenvalue weighted by Crippen LogP contribution is 2.43. The molecule has 0 radical (unpaired) electrons. The fourth-order valence-electron chi connectivity index (χ4n) is 4.82. The van der Waals surface area contributed by atoms with Gasteiger partial charge in [0, 0.05) is 31.1 Å². The zero-order valence-electron chi connectivity index (χ0n) is 18.1. The lowest BCUT2D eigenvalue weighted by atomic mass is 9.76. The lowest BCUT2D eigenvalue weighted by molar-refractivity contribution is -0.114. The van der Waals surface area contributed by atoms with Crippen molar-refractivity contribution < 1.29 is 9.53 Å². The van der Waals surface area contributed by atoms with Crippen molar-refractivity contribution in [1.82, 2.24) is 4.90 Å². The van der Waals surface area contributed by atoms with Gasteiger partial charge in [-0.1, -0.05) is 48.5 Å². The Kier molecular flexibility index (Phi) is 6.35. The molecule has 0 spiro atoms. The number of nitrogens with zero attached hydrogens (tertiary/aromatic N) is 1. The molecule has 2 heterocycles. The van der Waals surface area contributed by atoms with Gasteiger partial charge >= 0.3 is 0 Å². The predicted molar refractivity (Wildman–Crippen MR) is 121 cm³/mol. The number of carbonyl (C=O) groups is 1. The van der Waals surface area contributed by atoms with Crippen LogP contribution in [0.2, 0.25) is 0 Å². The van der Waals surface area contributed by atoms with Crippen LogP contribution in [0.4, 0.5) is 5.69 Å². The number of nitrogens with one attached hydrogen (secondary N) is 1. The van der Waals surface area contributed by atoms with E-state index in [9.17, 15) is 4.79 Å². The van der Waals surface area contributed by atoms with Crippen molar-refractivity contribution in [2.45, 2.75) is 45.8 Å². The third-order valence-corrected chi connectivity index (χ3v) is 6.43. The second kappa shape index (κ2) is 9.15. The predicted octanol–water partition coefficient (Wildman–Crippen LogP) is 4.82. The fraction of sp³-hybridized carbons (Fsp3) is 0.423. The van der Waals surface area contributed by atoms with Crippen LogP contribution < -0.4 is 5.32 Å². The summed E-state index contributed by atoms with van der Waals surface area (Å²) in [5, 5.41) is 2.84. The zero-order chi connectivity index (χ0) is 21.0. The van der Waals surface area contributed by atoms with E-state index in [0.29, 0.717) is 0 Å². The van der Waals surface area contributed by atoms with Gasteiger partial charge in [-0.2, -0.15) is 0 Å². The van der Waals surface area contributed by atoms with E-state index in [1.807, 2.05) is 12.1 Å². The van der Waals surface area contributed by atoms with Gasteiger partial charge < -0.3 is 10.1 Å². The lowest BCUT2D eigenvalue weighted by Crippen LogP contribution is -2.38. The third-order valence-electron chi connectivity index (χ3n) is 6.43. The third kappa shape index (κ3) is 5.00. The number of ether oxygens (including phenoxy) is 1. The molecule has 0 aliphatic carbocycles. The molecule has 2 unspecified atom stereocenters. The summed E-state index contributed by atoms with van der Waals surface area (Å²) < 4.78 is 6.23. The van der Waals surface area contributed by atoms with Crippen LogP contribution in [0.3, 0.4) is 0 Å².